The average molecular weight is 336 g/mol. The van der Waals surface area contributed by atoms with Gasteiger partial charge in [0.05, 0.1) is 18.4 Å². The number of nitrogens with two attached hydrogens (primary N) is 1. The van der Waals surface area contributed by atoms with E-state index in [1.807, 2.05) is 13.8 Å². The van der Waals surface area contributed by atoms with Gasteiger partial charge in [-0.1, -0.05) is 12.1 Å². The Morgan fingerprint density at radius 3 is 2.62 bits per heavy atom. The van der Waals surface area contributed by atoms with Gasteiger partial charge in [0.2, 0.25) is 0 Å². The van der Waals surface area contributed by atoms with Gasteiger partial charge >= 0.3 is 0 Å². The molecule has 0 radical (unpaired) electrons. The van der Waals surface area contributed by atoms with Crippen LogP contribution in [0.4, 0.5) is 15.9 Å². The second kappa shape index (κ2) is 8.42. The lowest BCUT2D eigenvalue weighted by atomic mass is 10.2. The van der Waals surface area contributed by atoms with E-state index < -0.39 is 18.0 Å². The lowest BCUT2D eigenvalue weighted by Crippen LogP contribution is -2.25. The van der Waals surface area contributed by atoms with E-state index in [1.54, 1.807) is 12.1 Å². The minimum Gasteiger partial charge on any atom is -0.383 e. The van der Waals surface area contributed by atoms with Crippen molar-refractivity contribution in [1.29, 1.82) is 0 Å². The van der Waals surface area contributed by atoms with Crippen LogP contribution in [0.15, 0.2) is 30.5 Å². The Kier molecular flexibility index (Phi) is 6.28. The van der Waals surface area contributed by atoms with Crippen molar-refractivity contribution in [1.82, 2.24) is 9.78 Å². The van der Waals surface area contributed by atoms with E-state index in [1.165, 1.54) is 23.0 Å². The topological polar surface area (TPSA) is 91.4 Å². The molecule has 2 aromatic rings. The lowest BCUT2D eigenvalue weighted by Gasteiger charge is -2.17. The first-order chi connectivity index (χ1) is 11.6. The van der Waals surface area contributed by atoms with Crippen molar-refractivity contribution in [3.8, 4) is 0 Å². The van der Waals surface area contributed by atoms with Gasteiger partial charge in [0.15, 0.2) is 6.29 Å². The Bertz CT molecular complexity index is 684. The van der Waals surface area contributed by atoms with Gasteiger partial charge < -0.3 is 20.5 Å². The van der Waals surface area contributed by atoms with Crippen LogP contribution < -0.4 is 11.1 Å². The maximum atomic E-state index is 13.6. The van der Waals surface area contributed by atoms with Crippen molar-refractivity contribution in [3.05, 3.63) is 41.8 Å². The minimum absolute atomic E-state index is 0.0798. The summed E-state index contributed by atoms with van der Waals surface area (Å²) < 4.78 is 25.9. The highest BCUT2D eigenvalue weighted by Crippen LogP contribution is 2.17. The first-order valence-corrected chi connectivity index (χ1v) is 7.67. The third-order valence-corrected chi connectivity index (χ3v) is 3.27. The molecule has 1 aromatic heterocycles. The summed E-state index contributed by atoms with van der Waals surface area (Å²) in [5, 5.41) is 6.56. The van der Waals surface area contributed by atoms with E-state index in [2.05, 4.69) is 10.4 Å². The fourth-order valence-electron chi connectivity index (χ4n) is 2.13. The molecule has 0 atom stereocenters. The number of carbonyl (C=O) groups excluding carboxylic acids is 1. The van der Waals surface area contributed by atoms with Crippen molar-refractivity contribution in [2.45, 2.75) is 26.7 Å². The number of nitrogens with zero attached hydrogens (tertiary/aromatic N) is 2. The number of hydrogen-bond acceptors (Lipinski definition) is 5. The van der Waals surface area contributed by atoms with Crippen molar-refractivity contribution in [2.75, 3.05) is 24.3 Å². The van der Waals surface area contributed by atoms with Crippen LogP contribution in [0, 0.1) is 5.82 Å². The molecule has 8 heteroatoms. The van der Waals surface area contributed by atoms with Gasteiger partial charge in [0.1, 0.15) is 17.2 Å². The predicted octanol–water partition coefficient (Wildman–Crippen LogP) is 2.26. The van der Waals surface area contributed by atoms with Crippen molar-refractivity contribution in [2.24, 2.45) is 0 Å². The highest BCUT2D eigenvalue weighted by molar-refractivity contribution is 6.07. The van der Waals surface area contributed by atoms with Gasteiger partial charge in [0.25, 0.3) is 5.91 Å². The molecule has 0 unspecified atom stereocenters. The molecule has 1 aromatic carbocycles. The fourth-order valence-corrected chi connectivity index (χ4v) is 2.13. The third-order valence-electron chi connectivity index (χ3n) is 3.27. The normalized spacial score (nSPS) is 11.0. The number of carbonyl (C=O) groups is 1. The number of nitrogen functional groups attached to an aromatic ring is 1. The van der Waals surface area contributed by atoms with E-state index in [-0.39, 0.29) is 23.6 Å². The monoisotopic (exact) mass is 336 g/mol. The molecule has 0 aliphatic rings. The van der Waals surface area contributed by atoms with E-state index in [0.717, 1.165) is 0 Å². The number of amides is 1. The summed E-state index contributed by atoms with van der Waals surface area (Å²) in [6.07, 6.45) is 0.824. The summed E-state index contributed by atoms with van der Waals surface area (Å²) in [5.74, 6) is -0.897. The SMILES string of the molecule is CCOC(Cn1ncc(C(=O)Nc2ccccc2F)c1N)OCC. The molecule has 7 nitrogen and oxygen atoms in total. The van der Waals surface area contributed by atoms with Crippen LogP contribution in [0.5, 0.6) is 0 Å². The van der Waals surface area contributed by atoms with E-state index in [0.29, 0.717) is 13.2 Å². The summed E-state index contributed by atoms with van der Waals surface area (Å²) in [7, 11) is 0. The van der Waals surface area contributed by atoms with Crippen LogP contribution in [-0.2, 0) is 16.0 Å². The number of nitrogens with one attached hydrogen (secondary N) is 1. The van der Waals surface area contributed by atoms with Crippen molar-refractivity contribution < 1.29 is 18.7 Å². The second-order valence-corrected chi connectivity index (χ2v) is 4.90. The van der Waals surface area contributed by atoms with Crippen LogP contribution in [0.3, 0.4) is 0 Å². The molecular formula is C16H21FN4O3. The third kappa shape index (κ3) is 4.30. The first-order valence-electron chi connectivity index (χ1n) is 7.67. The average Bonchev–Trinajstić information content (AvgIpc) is 2.91. The summed E-state index contributed by atoms with van der Waals surface area (Å²) in [4.78, 5) is 12.3. The zero-order valence-electron chi connectivity index (χ0n) is 13.7. The summed E-state index contributed by atoms with van der Waals surface area (Å²) >= 11 is 0. The molecule has 0 fully saturated rings. The molecule has 0 aliphatic carbocycles. The molecule has 0 saturated carbocycles. The highest BCUT2D eigenvalue weighted by atomic mass is 19.1. The van der Waals surface area contributed by atoms with E-state index in [4.69, 9.17) is 15.2 Å². The van der Waals surface area contributed by atoms with Crippen molar-refractivity contribution in [3.63, 3.8) is 0 Å². The number of halogens is 1. The molecule has 3 N–H and O–H groups in total. The standard InChI is InChI=1S/C16H21FN4O3/c1-3-23-14(24-4-2)10-21-15(18)11(9-19-21)16(22)20-13-8-6-5-7-12(13)17/h5-9,14H,3-4,10,18H2,1-2H3,(H,20,22). The number of anilines is 2. The number of rotatable bonds is 8. The first kappa shape index (κ1) is 17.9. The Hall–Kier alpha value is -2.45. The van der Waals surface area contributed by atoms with Crippen LogP contribution in [0.25, 0.3) is 0 Å². The highest BCUT2D eigenvalue weighted by Gasteiger charge is 2.19. The van der Waals surface area contributed by atoms with Crippen LogP contribution in [0.1, 0.15) is 24.2 Å². The van der Waals surface area contributed by atoms with Gasteiger partial charge in [-0.3, -0.25) is 4.79 Å². The number of para-hydroxylation sites is 1. The number of ether oxygens (including phenoxy) is 2. The van der Waals surface area contributed by atoms with E-state index >= 15 is 0 Å². The van der Waals surface area contributed by atoms with Crippen molar-refractivity contribution >= 4 is 17.4 Å². The quantitative estimate of drug-likeness (QED) is 0.722. The number of hydrogen-bond donors (Lipinski definition) is 2. The summed E-state index contributed by atoms with van der Waals surface area (Å²) in [6.45, 7) is 4.91. The smallest absolute Gasteiger partial charge is 0.261 e. The Morgan fingerprint density at radius 1 is 1.33 bits per heavy atom. The molecule has 0 spiro atoms. The van der Waals surface area contributed by atoms with Gasteiger partial charge in [-0.25, -0.2) is 9.07 Å². The maximum absolute atomic E-state index is 13.6. The summed E-state index contributed by atoms with van der Waals surface area (Å²) in [6, 6.07) is 5.89. The Morgan fingerprint density at radius 2 is 2.00 bits per heavy atom. The molecule has 1 heterocycles. The molecule has 1 amide bonds. The zero-order valence-corrected chi connectivity index (χ0v) is 13.7. The predicted molar refractivity (Wildman–Crippen MR) is 88.0 cm³/mol. The molecule has 24 heavy (non-hydrogen) atoms. The zero-order chi connectivity index (χ0) is 17.5. The Labute approximate surface area is 139 Å². The molecule has 0 saturated heterocycles. The number of benzene rings is 1. The van der Waals surface area contributed by atoms with Gasteiger partial charge in [-0.15, -0.1) is 0 Å². The lowest BCUT2D eigenvalue weighted by molar-refractivity contribution is -0.144. The van der Waals surface area contributed by atoms with Crippen LogP contribution >= 0.6 is 0 Å². The molecule has 130 valence electrons. The van der Waals surface area contributed by atoms with Crippen LogP contribution in [0.2, 0.25) is 0 Å². The van der Waals surface area contributed by atoms with Gasteiger partial charge in [0, 0.05) is 13.2 Å². The van der Waals surface area contributed by atoms with E-state index in [9.17, 15) is 9.18 Å². The van der Waals surface area contributed by atoms with Gasteiger partial charge in [-0.2, -0.15) is 5.10 Å². The second-order valence-electron chi connectivity index (χ2n) is 4.90. The minimum atomic E-state index is -0.534. The number of aromatic nitrogens is 2. The molecule has 0 aliphatic heterocycles. The Balaban J connectivity index is 2.11. The molecular weight excluding hydrogens is 315 g/mol. The van der Waals surface area contributed by atoms with Crippen LogP contribution in [-0.4, -0.2) is 35.2 Å². The molecule has 0 bridgehead atoms. The maximum Gasteiger partial charge on any atom is 0.261 e. The summed E-state index contributed by atoms with van der Waals surface area (Å²) in [5.41, 5.74) is 6.21. The largest absolute Gasteiger partial charge is 0.383 e. The van der Waals surface area contributed by atoms with Gasteiger partial charge in [-0.05, 0) is 26.0 Å². The molecule has 2 rings (SSSR count). The fraction of sp³-hybridized carbons (Fsp3) is 0.375.